The number of unbranched alkanes of at least 4 members (excludes halogenated alkanes) is 22. The molecule has 5 heteroatoms. The highest BCUT2D eigenvalue weighted by Crippen LogP contribution is 2.26. The largest absolute Gasteiger partial charge is 0.507 e. The Morgan fingerprint density at radius 1 is 0.542 bits per heavy atom. The van der Waals surface area contributed by atoms with Crippen LogP contribution < -0.4 is 0 Å². The molecule has 274 valence electrons. The molecular weight excluding hydrogens is 609 g/mol. The summed E-state index contributed by atoms with van der Waals surface area (Å²) in [4.78, 5) is 33.6. The van der Waals surface area contributed by atoms with E-state index in [1.165, 1.54) is 122 Å². The summed E-state index contributed by atoms with van der Waals surface area (Å²) in [6.07, 6.45) is 41.9. The third-order valence-corrected chi connectivity index (χ3v) is 8.95. The minimum Gasteiger partial charge on any atom is -0.507 e. The first-order valence-electron chi connectivity index (χ1n) is 20.0. The lowest BCUT2D eigenvalue weighted by atomic mass is 9.93. The van der Waals surface area contributed by atoms with E-state index in [4.69, 9.17) is 4.80 Å². The fraction of sp³-hybridized carbons (Fsp3) is 0.721. The number of Topliss-reactive ketones (excluding diaryl/α,β-unsaturated/α-hetero) is 2. The first-order valence-corrected chi connectivity index (χ1v) is 21.5. The Balaban J connectivity index is 0.00000707. The number of rotatable bonds is 32. The first-order chi connectivity index (χ1) is 23.5. The van der Waals surface area contributed by atoms with Gasteiger partial charge in [-0.15, -0.1) is 0 Å². The van der Waals surface area contributed by atoms with Gasteiger partial charge >= 0.3 is 0 Å². The highest BCUT2D eigenvalue weighted by atomic mass is 28.2. The molecule has 0 spiro atoms. The Morgan fingerprint density at radius 2 is 0.875 bits per heavy atom. The first kappa shape index (κ1) is 46.0. The summed E-state index contributed by atoms with van der Waals surface area (Å²) in [6, 6.07) is 4.93. The lowest BCUT2D eigenvalue weighted by molar-refractivity contribution is 0.0943. The molecule has 0 aliphatic heterocycles. The van der Waals surface area contributed by atoms with Gasteiger partial charge in [-0.25, -0.2) is 0 Å². The van der Waals surface area contributed by atoms with Crippen LogP contribution in [0.4, 0.5) is 0 Å². The van der Waals surface area contributed by atoms with Crippen LogP contribution in [0.25, 0.3) is 0 Å². The molecule has 0 saturated heterocycles. The van der Waals surface area contributed by atoms with Crippen molar-refractivity contribution in [3.63, 3.8) is 0 Å². The molecule has 2 radical (unpaired) electrons. The molecule has 0 aromatic heterocycles. The van der Waals surface area contributed by atoms with Crippen LogP contribution in [-0.4, -0.2) is 31.2 Å². The van der Waals surface area contributed by atoms with Gasteiger partial charge in [0, 0.05) is 18.4 Å². The summed E-state index contributed by atoms with van der Waals surface area (Å²) < 4.78 is 0. The number of aromatic hydroxyl groups is 1. The number of carbonyl (C=O) groups excluding carboxylic acids is 2. The monoisotopic (exact) mass is 683 g/mol. The summed E-state index contributed by atoms with van der Waals surface area (Å²) in [5, 5.41) is 10.5. The average molecular weight is 683 g/mol. The van der Waals surface area contributed by atoms with Gasteiger partial charge in [0.25, 0.3) is 0 Å². The zero-order valence-electron chi connectivity index (χ0n) is 31.6. The summed E-state index contributed by atoms with van der Waals surface area (Å²) in [7, 11) is 0.0833. The lowest BCUT2D eigenvalue weighted by Gasteiger charge is -2.10. The van der Waals surface area contributed by atoms with E-state index < -0.39 is 0 Å². The van der Waals surface area contributed by atoms with Gasteiger partial charge in [-0.05, 0) is 76.8 Å². The molecule has 48 heavy (non-hydrogen) atoms. The van der Waals surface area contributed by atoms with Crippen molar-refractivity contribution < 1.29 is 19.5 Å². The predicted octanol–water partition coefficient (Wildman–Crippen LogP) is 13.5. The molecule has 0 aliphatic rings. The number of allylic oxidation sites excluding steroid dienone is 4. The van der Waals surface area contributed by atoms with Crippen molar-refractivity contribution >= 4 is 21.3 Å². The summed E-state index contributed by atoms with van der Waals surface area (Å²) in [5.74, 6) is -0.168. The molecule has 1 aromatic rings. The van der Waals surface area contributed by atoms with E-state index in [1.807, 2.05) is 0 Å². The Kier molecular flexibility index (Phi) is 34.8. The second-order valence-electron chi connectivity index (χ2n) is 13.4. The molecule has 0 bridgehead atoms. The van der Waals surface area contributed by atoms with Gasteiger partial charge in [0.2, 0.25) is 9.76 Å². The molecule has 1 rings (SSSR count). The van der Waals surface area contributed by atoms with Crippen LogP contribution in [0.3, 0.4) is 0 Å². The van der Waals surface area contributed by atoms with Crippen molar-refractivity contribution in [3.05, 3.63) is 53.6 Å². The minimum atomic E-state index is -0.0985. The van der Waals surface area contributed by atoms with Crippen molar-refractivity contribution in [2.75, 3.05) is 0 Å². The molecule has 0 heterocycles. The predicted molar refractivity (Wildman–Crippen MR) is 210 cm³/mol. The van der Waals surface area contributed by atoms with Crippen molar-refractivity contribution in [3.8, 4) is 5.75 Å². The van der Waals surface area contributed by atoms with E-state index in [0.717, 1.165) is 51.4 Å². The number of phenols is 1. The van der Waals surface area contributed by atoms with E-state index >= 15 is 0 Å². The maximum absolute atomic E-state index is 13.0. The van der Waals surface area contributed by atoms with Crippen LogP contribution in [-0.2, 0) is 0 Å². The minimum absolute atomic E-state index is 0.0172. The Labute approximate surface area is 299 Å². The summed E-state index contributed by atoms with van der Waals surface area (Å²) >= 11 is 0. The Hall–Kier alpha value is -1.98. The fourth-order valence-electron chi connectivity index (χ4n) is 6.04. The highest BCUT2D eigenvalue weighted by molar-refractivity contribution is 6.22. The van der Waals surface area contributed by atoms with Gasteiger partial charge in [-0.2, -0.15) is 0 Å². The van der Waals surface area contributed by atoms with Crippen molar-refractivity contribution in [1.82, 2.24) is 0 Å². The van der Waals surface area contributed by atoms with Gasteiger partial charge in [-0.1, -0.05) is 153 Å². The molecule has 0 atom stereocenters. The fourth-order valence-corrected chi connectivity index (χ4v) is 6.04. The summed E-state index contributed by atoms with van der Waals surface area (Å²) in [6.45, 7) is 6.23. The average Bonchev–Trinajstić information content (AvgIpc) is 3.08. The molecule has 4 nitrogen and oxygen atoms in total. The number of ketones is 2. The van der Waals surface area contributed by atoms with Crippen molar-refractivity contribution in [2.24, 2.45) is 0 Å². The van der Waals surface area contributed by atoms with Crippen molar-refractivity contribution in [1.29, 1.82) is 0 Å². The molecule has 0 unspecified atom stereocenters. The Bertz CT molecular complexity index is 939. The van der Waals surface area contributed by atoms with E-state index in [0.29, 0.717) is 18.4 Å². The number of hydrogen-bond donors (Lipinski definition) is 2. The molecule has 1 aromatic carbocycles. The lowest BCUT2D eigenvalue weighted by Crippen LogP contribution is -2.09. The van der Waals surface area contributed by atoms with E-state index in [-0.39, 0.29) is 32.6 Å². The third kappa shape index (κ3) is 27.9. The molecule has 2 N–H and O–H groups in total. The number of carbonyl (C=O) groups is 2. The SMILES string of the molecule is CCCCCCCC/C=C\CCCCCCCC(=O)c1cccc(O)c1C(=O)CCCCCCC/C=C\CCCCCCCC.C[Si]O. The van der Waals surface area contributed by atoms with Crippen LogP contribution in [0.15, 0.2) is 42.5 Å². The molecular formula is C43H74O4Si. The van der Waals surface area contributed by atoms with E-state index in [1.54, 1.807) is 18.7 Å². The van der Waals surface area contributed by atoms with Gasteiger partial charge in [-0.3, -0.25) is 9.59 Å². The topological polar surface area (TPSA) is 74.6 Å². The van der Waals surface area contributed by atoms with Crippen LogP contribution in [0, 0.1) is 0 Å². The maximum Gasteiger partial charge on any atom is 0.220 e. The van der Waals surface area contributed by atoms with Crippen LogP contribution in [0.2, 0.25) is 6.55 Å². The second-order valence-corrected chi connectivity index (χ2v) is 13.9. The zero-order valence-corrected chi connectivity index (χ0v) is 32.6. The third-order valence-electron chi connectivity index (χ3n) is 8.95. The summed E-state index contributed by atoms with van der Waals surface area (Å²) in [5.41, 5.74) is 0.647. The van der Waals surface area contributed by atoms with Gasteiger partial charge in [0.15, 0.2) is 11.6 Å². The standard InChI is InChI=1S/C42H70O3.CH4OSi/c1-3-5-7-9-11-13-15-17-19-21-23-25-27-29-31-35-39(43)38-34-33-37-41(45)42(38)40(44)36-32-30-28-26-24-22-20-18-16-14-12-10-8-6-4-2;1-3-2/h17-20,33-34,37,45H,3-16,21-32,35-36H2,1-2H3;2H,1H3/b19-17-,20-18-;. The number of hydrogen-bond acceptors (Lipinski definition) is 4. The van der Waals surface area contributed by atoms with Crippen molar-refractivity contribution in [2.45, 2.75) is 200 Å². The highest BCUT2D eigenvalue weighted by Gasteiger charge is 2.20. The van der Waals surface area contributed by atoms with E-state index in [2.05, 4.69) is 38.2 Å². The van der Waals surface area contributed by atoms with Crippen LogP contribution >= 0.6 is 0 Å². The molecule has 0 aliphatic carbocycles. The van der Waals surface area contributed by atoms with Gasteiger partial charge < -0.3 is 9.90 Å². The molecule has 0 saturated carbocycles. The van der Waals surface area contributed by atoms with E-state index in [9.17, 15) is 14.7 Å². The number of benzene rings is 1. The van der Waals surface area contributed by atoms with Crippen LogP contribution in [0.5, 0.6) is 5.75 Å². The number of phenolic OH excluding ortho intramolecular Hbond substituents is 1. The molecule has 0 fully saturated rings. The maximum atomic E-state index is 13.0. The van der Waals surface area contributed by atoms with Gasteiger partial charge in [0.05, 0.1) is 5.56 Å². The Morgan fingerprint density at radius 3 is 1.27 bits per heavy atom. The smallest absolute Gasteiger partial charge is 0.220 e. The quantitative estimate of drug-likeness (QED) is 0.0343. The normalized spacial score (nSPS) is 11.3. The molecule has 0 amide bonds. The second kappa shape index (κ2) is 36.3. The van der Waals surface area contributed by atoms with Gasteiger partial charge in [0.1, 0.15) is 5.75 Å². The zero-order chi connectivity index (χ0) is 35.3. The van der Waals surface area contributed by atoms with Crippen LogP contribution in [0.1, 0.15) is 214 Å².